The van der Waals surface area contributed by atoms with Crippen LogP contribution in [0.5, 0.6) is 0 Å². The lowest BCUT2D eigenvalue weighted by atomic mass is 10.0. The van der Waals surface area contributed by atoms with Gasteiger partial charge in [-0.15, -0.1) is 0 Å². The van der Waals surface area contributed by atoms with E-state index >= 15 is 0 Å². The van der Waals surface area contributed by atoms with E-state index in [9.17, 15) is 0 Å². The van der Waals surface area contributed by atoms with Gasteiger partial charge in [-0.1, -0.05) is 31.9 Å². The van der Waals surface area contributed by atoms with Crippen LogP contribution in [0.3, 0.4) is 0 Å². The third-order valence-electron chi connectivity index (χ3n) is 1.77. The first-order valence-corrected chi connectivity index (χ1v) is 5.94. The largest absolute Gasteiger partial charge is 0.192 e. The average molecular weight is 303 g/mol. The quantitative estimate of drug-likeness (QED) is 0.782. The van der Waals surface area contributed by atoms with Crippen LogP contribution in [0.15, 0.2) is 22.7 Å². The van der Waals surface area contributed by atoms with E-state index in [4.69, 9.17) is 5.26 Å². The molecule has 0 N–H and O–H groups in total. The zero-order valence-corrected chi connectivity index (χ0v) is 10.2. The first-order chi connectivity index (χ1) is 6.27. The van der Waals surface area contributed by atoms with Crippen LogP contribution in [0.4, 0.5) is 0 Å². The second-order valence-electron chi connectivity index (χ2n) is 2.71. The smallest absolute Gasteiger partial charge is 0.0994 e. The Morgan fingerprint density at radius 1 is 1.38 bits per heavy atom. The van der Waals surface area contributed by atoms with Gasteiger partial charge in [0, 0.05) is 9.80 Å². The van der Waals surface area contributed by atoms with Crippen LogP contribution in [-0.4, -0.2) is 5.33 Å². The van der Waals surface area contributed by atoms with Crippen molar-refractivity contribution in [3.8, 4) is 6.07 Å². The van der Waals surface area contributed by atoms with Gasteiger partial charge in [0.2, 0.25) is 0 Å². The summed E-state index contributed by atoms with van der Waals surface area (Å²) < 4.78 is 1.04. The van der Waals surface area contributed by atoms with E-state index in [1.54, 1.807) is 0 Å². The lowest BCUT2D eigenvalue weighted by molar-refractivity contribution is 0.934. The van der Waals surface area contributed by atoms with Crippen molar-refractivity contribution in [1.82, 2.24) is 0 Å². The van der Waals surface area contributed by atoms with Gasteiger partial charge in [0.05, 0.1) is 11.6 Å². The Balaban J connectivity index is 2.89. The molecule has 0 saturated carbocycles. The second kappa shape index (κ2) is 5.41. The Kier molecular flexibility index (Phi) is 4.47. The fraction of sp³-hybridized carbons (Fsp3) is 0.300. The van der Waals surface area contributed by atoms with Gasteiger partial charge in [-0.25, -0.2) is 0 Å². The van der Waals surface area contributed by atoms with E-state index in [1.165, 1.54) is 0 Å². The molecule has 0 bridgehead atoms. The van der Waals surface area contributed by atoms with Gasteiger partial charge in [-0.05, 0) is 36.6 Å². The number of hydrogen-bond acceptors (Lipinski definition) is 1. The Bertz CT molecular complexity index is 328. The molecule has 0 atom stereocenters. The Morgan fingerprint density at radius 3 is 2.77 bits per heavy atom. The molecular weight excluding hydrogens is 294 g/mol. The first kappa shape index (κ1) is 10.7. The van der Waals surface area contributed by atoms with E-state index < -0.39 is 0 Å². The molecule has 0 heterocycles. The zero-order valence-electron chi connectivity index (χ0n) is 7.06. The molecule has 1 aromatic rings. The van der Waals surface area contributed by atoms with Crippen LogP contribution >= 0.6 is 31.9 Å². The topological polar surface area (TPSA) is 23.8 Å². The summed E-state index contributed by atoms with van der Waals surface area (Å²) in [5, 5.41) is 9.81. The van der Waals surface area contributed by atoms with Crippen LogP contribution in [0, 0.1) is 11.3 Å². The molecule has 1 rings (SSSR count). The number of nitrogens with zero attached hydrogens (tertiary/aromatic N) is 1. The number of benzene rings is 1. The second-order valence-corrected chi connectivity index (χ2v) is 4.41. The fourth-order valence-corrected chi connectivity index (χ4v) is 1.82. The van der Waals surface area contributed by atoms with Crippen molar-refractivity contribution in [3.63, 3.8) is 0 Å². The summed E-state index contributed by atoms with van der Waals surface area (Å²) in [5.74, 6) is 0. The van der Waals surface area contributed by atoms with Gasteiger partial charge >= 0.3 is 0 Å². The SMILES string of the molecule is N#Cc1ccc(Br)cc1CCCBr. The molecule has 0 aliphatic heterocycles. The van der Waals surface area contributed by atoms with Crippen molar-refractivity contribution in [2.45, 2.75) is 12.8 Å². The number of halogens is 2. The van der Waals surface area contributed by atoms with Crippen LogP contribution in [0.2, 0.25) is 0 Å². The maximum atomic E-state index is 8.83. The van der Waals surface area contributed by atoms with E-state index in [0.29, 0.717) is 0 Å². The molecule has 0 spiro atoms. The lowest BCUT2D eigenvalue weighted by Gasteiger charge is -2.02. The third kappa shape index (κ3) is 3.13. The molecule has 1 nitrogen and oxygen atoms in total. The minimum absolute atomic E-state index is 0.782. The van der Waals surface area contributed by atoms with Crippen molar-refractivity contribution in [3.05, 3.63) is 33.8 Å². The van der Waals surface area contributed by atoms with Gasteiger partial charge < -0.3 is 0 Å². The molecule has 3 heteroatoms. The number of aryl methyl sites for hydroxylation is 1. The Morgan fingerprint density at radius 2 is 2.15 bits per heavy atom. The summed E-state index contributed by atoms with van der Waals surface area (Å²) in [7, 11) is 0. The monoisotopic (exact) mass is 301 g/mol. The number of nitriles is 1. The van der Waals surface area contributed by atoms with E-state index in [-0.39, 0.29) is 0 Å². The molecule has 0 amide bonds. The predicted molar refractivity (Wildman–Crippen MR) is 61.0 cm³/mol. The molecule has 0 aromatic heterocycles. The summed E-state index contributed by atoms with van der Waals surface area (Å²) in [6.07, 6.45) is 2.01. The maximum absolute atomic E-state index is 8.83. The van der Waals surface area contributed by atoms with Crippen LogP contribution in [0.25, 0.3) is 0 Å². The summed E-state index contributed by atoms with van der Waals surface area (Å²) in [6.45, 7) is 0. The molecule has 68 valence electrons. The highest BCUT2D eigenvalue weighted by Crippen LogP contribution is 2.17. The third-order valence-corrected chi connectivity index (χ3v) is 2.82. The van der Waals surface area contributed by atoms with Crippen LogP contribution in [0.1, 0.15) is 17.5 Å². The molecule has 0 fully saturated rings. The van der Waals surface area contributed by atoms with Crippen molar-refractivity contribution < 1.29 is 0 Å². The summed E-state index contributed by atoms with van der Waals surface area (Å²) in [4.78, 5) is 0. The fourth-order valence-electron chi connectivity index (χ4n) is 1.14. The standard InChI is InChI=1S/C10H9Br2N/c11-5-1-2-8-6-10(12)4-3-9(8)7-13/h3-4,6H,1-2,5H2. The summed E-state index contributed by atoms with van der Waals surface area (Å²) >= 11 is 6.77. The van der Waals surface area contributed by atoms with Gasteiger partial charge in [0.15, 0.2) is 0 Å². The summed E-state index contributed by atoms with van der Waals surface area (Å²) in [6, 6.07) is 7.96. The van der Waals surface area contributed by atoms with Gasteiger partial charge in [-0.2, -0.15) is 5.26 Å². The lowest BCUT2D eigenvalue weighted by Crippen LogP contribution is -1.91. The van der Waals surface area contributed by atoms with Crippen molar-refractivity contribution in [2.75, 3.05) is 5.33 Å². The molecular formula is C10H9Br2N. The van der Waals surface area contributed by atoms with Crippen LogP contribution < -0.4 is 0 Å². The number of alkyl halides is 1. The highest BCUT2D eigenvalue weighted by Gasteiger charge is 2.01. The predicted octanol–water partition coefficient (Wildman–Crippen LogP) is 3.65. The van der Waals surface area contributed by atoms with Crippen molar-refractivity contribution in [2.24, 2.45) is 0 Å². The molecule has 0 aliphatic carbocycles. The highest BCUT2D eigenvalue weighted by molar-refractivity contribution is 9.10. The Hall–Kier alpha value is -0.330. The summed E-state index contributed by atoms with van der Waals surface area (Å²) in [5.41, 5.74) is 1.90. The maximum Gasteiger partial charge on any atom is 0.0994 e. The van der Waals surface area contributed by atoms with Gasteiger partial charge in [0.1, 0.15) is 0 Å². The molecule has 0 radical (unpaired) electrons. The van der Waals surface area contributed by atoms with E-state index in [0.717, 1.165) is 33.8 Å². The number of rotatable bonds is 3. The average Bonchev–Trinajstić information content (AvgIpc) is 2.15. The minimum atomic E-state index is 0.782. The van der Waals surface area contributed by atoms with E-state index in [1.807, 2.05) is 18.2 Å². The zero-order chi connectivity index (χ0) is 9.68. The van der Waals surface area contributed by atoms with Gasteiger partial charge in [0.25, 0.3) is 0 Å². The van der Waals surface area contributed by atoms with Gasteiger partial charge in [-0.3, -0.25) is 0 Å². The van der Waals surface area contributed by atoms with Crippen molar-refractivity contribution >= 4 is 31.9 Å². The molecule has 1 aromatic carbocycles. The molecule has 0 aliphatic rings. The van der Waals surface area contributed by atoms with Crippen molar-refractivity contribution in [1.29, 1.82) is 5.26 Å². The normalized spacial score (nSPS) is 9.62. The molecule has 0 saturated heterocycles. The number of hydrogen-bond donors (Lipinski definition) is 0. The molecule has 0 unspecified atom stereocenters. The minimum Gasteiger partial charge on any atom is -0.192 e. The van der Waals surface area contributed by atoms with Crippen LogP contribution in [-0.2, 0) is 6.42 Å². The molecule has 13 heavy (non-hydrogen) atoms. The first-order valence-electron chi connectivity index (χ1n) is 4.02. The van der Waals surface area contributed by atoms with E-state index in [2.05, 4.69) is 37.9 Å². The Labute approximate surface area is 95.0 Å². The highest BCUT2D eigenvalue weighted by atomic mass is 79.9.